The van der Waals surface area contributed by atoms with Gasteiger partial charge in [0.15, 0.2) is 6.04 Å². The van der Waals surface area contributed by atoms with Gasteiger partial charge in [0.1, 0.15) is 0 Å². The van der Waals surface area contributed by atoms with Gasteiger partial charge in [-0.25, -0.2) is 9.59 Å². The maximum atomic E-state index is 11.7. The van der Waals surface area contributed by atoms with E-state index in [0.29, 0.717) is 6.54 Å². The van der Waals surface area contributed by atoms with Gasteiger partial charge < -0.3 is 20.5 Å². The zero-order chi connectivity index (χ0) is 15.0. The van der Waals surface area contributed by atoms with Crippen molar-refractivity contribution in [2.75, 3.05) is 33.4 Å². The molecular weight excluding hydrogens is 262 g/mol. The van der Waals surface area contributed by atoms with Gasteiger partial charge in [-0.1, -0.05) is 6.42 Å². The van der Waals surface area contributed by atoms with Crippen molar-refractivity contribution in [1.82, 2.24) is 15.5 Å². The van der Waals surface area contributed by atoms with Gasteiger partial charge in [-0.15, -0.1) is 0 Å². The summed E-state index contributed by atoms with van der Waals surface area (Å²) in [6.45, 7) is 4.64. The third-order valence-electron chi connectivity index (χ3n) is 3.51. The van der Waals surface area contributed by atoms with Crippen LogP contribution in [-0.2, 0) is 9.53 Å². The Morgan fingerprint density at radius 1 is 1.30 bits per heavy atom. The lowest BCUT2D eigenvalue weighted by Crippen LogP contribution is -2.51. The number of nitrogens with zero attached hydrogens (tertiary/aromatic N) is 1. The van der Waals surface area contributed by atoms with Gasteiger partial charge in [0, 0.05) is 19.7 Å². The molecule has 116 valence electrons. The number of rotatable bonds is 7. The summed E-state index contributed by atoms with van der Waals surface area (Å²) in [4.78, 5) is 24.9. The molecule has 2 unspecified atom stereocenters. The lowest BCUT2D eigenvalue weighted by atomic mass is 10.1. The van der Waals surface area contributed by atoms with E-state index in [1.165, 1.54) is 26.4 Å². The molecule has 2 atom stereocenters. The molecule has 0 aliphatic carbocycles. The van der Waals surface area contributed by atoms with Gasteiger partial charge >= 0.3 is 12.0 Å². The number of hydrogen-bond donors (Lipinski definition) is 3. The lowest BCUT2D eigenvalue weighted by molar-refractivity contribution is -0.140. The number of carbonyl (C=O) groups is 2. The largest absolute Gasteiger partial charge is 0.480 e. The molecule has 1 rings (SSSR count). The fourth-order valence-electron chi connectivity index (χ4n) is 2.28. The molecule has 0 spiro atoms. The molecule has 0 saturated carbocycles. The molecule has 20 heavy (non-hydrogen) atoms. The van der Waals surface area contributed by atoms with Crippen molar-refractivity contribution < 1.29 is 19.4 Å². The normalized spacial score (nSPS) is 19.1. The Hall–Kier alpha value is -1.34. The van der Waals surface area contributed by atoms with E-state index < -0.39 is 18.0 Å². The van der Waals surface area contributed by atoms with Crippen LogP contribution in [0.4, 0.5) is 4.79 Å². The summed E-state index contributed by atoms with van der Waals surface area (Å²) in [6.07, 6.45) is 3.67. The van der Waals surface area contributed by atoms with Crippen molar-refractivity contribution in [3.63, 3.8) is 0 Å². The fourth-order valence-corrected chi connectivity index (χ4v) is 2.28. The van der Waals surface area contributed by atoms with E-state index >= 15 is 0 Å². The van der Waals surface area contributed by atoms with Crippen molar-refractivity contribution in [3.05, 3.63) is 0 Å². The molecule has 7 heteroatoms. The number of ether oxygens (including phenoxy) is 1. The zero-order valence-corrected chi connectivity index (χ0v) is 12.2. The van der Waals surface area contributed by atoms with Gasteiger partial charge in [0.05, 0.1) is 6.61 Å². The maximum Gasteiger partial charge on any atom is 0.328 e. The first-order valence-corrected chi connectivity index (χ1v) is 7.04. The highest BCUT2D eigenvalue weighted by Gasteiger charge is 2.21. The van der Waals surface area contributed by atoms with Crippen LogP contribution in [0.2, 0.25) is 0 Å². The highest BCUT2D eigenvalue weighted by molar-refractivity contribution is 5.82. The van der Waals surface area contributed by atoms with Gasteiger partial charge in [0.25, 0.3) is 0 Å². The monoisotopic (exact) mass is 287 g/mol. The van der Waals surface area contributed by atoms with Crippen LogP contribution in [0.25, 0.3) is 0 Å². The van der Waals surface area contributed by atoms with Gasteiger partial charge in [0.2, 0.25) is 0 Å². The predicted octanol–water partition coefficient (Wildman–Crippen LogP) is 0.260. The molecule has 7 nitrogen and oxygen atoms in total. The van der Waals surface area contributed by atoms with Crippen LogP contribution in [0.3, 0.4) is 0 Å². The summed E-state index contributed by atoms with van der Waals surface area (Å²) in [5.41, 5.74) is 0. The molecule has 1 saturated heterocycles. The Balaban J connectivity index is 2.28. The highest BCUT2D eigenvalue weighted by atomic mass is 16.5. The Bertz CT molecular complexity index is 319. The number of methoxy groups -OCH3 is 1. The van der Waals surface area contributed by atoms with Crippen LogP contribution in [0.1, 0.15) is 26.2 Å². The minimum absolute atomic E-state index is 0.0512. The van der Waals surface area contributed by atoms with E-state index in [1.54, 1.807) is 0 Å². The number of piperidine rings is 1. The minimum Gasteiger partial charge on any atom is -0.480 e. The highest BCUT2D eigenvalue weighted by Crippen LogP contribution is 2.11. The molecule has 0 bridgehead atoms. The number of urea groups is 1. The van der Waals surface area contributed by atoms with Crippen molar-refractivity contribution in [2.45, 2.75) is 38.3 Å². The average molecular weight is 287 g/mol. The van der Waals surface area contributed by atoms with Crippen LogP contribution < -0.4 is 10.6 Å². The molecule has 0 aromatic rings. The number of carbonyl (C=O) groups excluding carboxylic acids is 1. The first-order chi connectivity index (χ1) is 9.54. The predicted molar refractivity (Wildman–Crippen MR) is 74.7 cm³/mol. The fraction of sp³-hybridized carbons (Fsp3) is 0.846. The van der Waals surface area contributed by atoms with Crippen molar-refractivity contribution >= 4 is 12.0 Å². The number of carboxylic acids is 1. The summed E-state index contributed by atoms with van der Waals surface area (Å²) in [6, 6.07) is -1.24. The summed E-state index contributed by atoms with van der Waals surface area (Å²) in [5.74, 6) is -1.11. The molecule has 1 fully saturated rings. The van der Waals surface area contributed by atoms with E-state index in [1.807, 2.05) is 0 Å². The van der Waals surface area contributed by atoms with Crippen LogP contribution in [-0.4, -0.2) is 67.4 Å². The molecule has 0 aromatic heterocycles. The second kappa shape index (κ2) is 8.76. The summed E-state index contributed by atoms with van der Waals surface area (Å²) in [7, 11) is 1.40. The number of likely N-dealkylation sites (tertiary alicyclic amines) is 1. The Kier molecular flexibility index (Phi) is 7.32. The topological polar surface area (TPSA) is 90.9 Å². The summed E-state index contributed by atoms with van der Waals surface area (Å²) in [5, 5.41) is 14.0. The molecule has 1 aliphatic rings. The molecular formula is C13H25N3O4. The molecule has 1 heterocycles. The second-order valence-corrected chi connectivity index (χ2v) is 5.15. The third kappa shape index (κ3) is 5.75. The maximum absolute atomic E-state index is 11.7. The van der Waals surface area contributed by atoms with Crippen molar-refractivity contribution in [1.29, 1.82) is 0 Å². The second-order valence-electron chi connectivity index (χ2n) is 5.15. The van der Waals surface area contributed by atoms with Crippen molar-refractivity contribution in [2.24, 2.45) is 0 Å². The molecule has 1 aliphatic heterocycles. The van der Waals surface area contributed by atoms with E-state index in [9.17, 15) is 9.59 Å². The van der Waals surface area contributed by atoms with E-state index in [0.717, 1.165) is 13.1 Å². The summed E-state index contributed by atoms with van der Waals surface area (Å²) < 4.78 is 4.76. The molecule has 0 radical (unpaired) electrons. The number of aliphatic carboxylic acids is 1. The minimum atomic E-state index is -1.11. The Morgan fingerprint density at radius 2 is 1.95 bits per heavy atom. The first-order valence-electron chi connectivity index (χ1n) is 7.04. The summed E-state index contributed by atoms with van der Waals surface area (Å²) >= 11 is 0. The molecule has 2 amide bonds. The molecule has 3 N–H and O–H groups in total. The SMILES string of the molecule is COCC(NC(=O)NCC(C)N1CCCCC1)C(=O)O. The van der Waals surface area contributed by atoms with Crippen LogP contribution in [0.15, 0.2) is 0 Å². The average Bonchev–Trinajstić information content (AvgIpc) is 2.45. The standard InChI is InChI=1S/C13H25N3O4/c1-10(16-6-4-3-5-7-16)8-14-13(19)15-11(9-20-2)12(17)18/h10-11H,3-9H2,1-2H3,(H,17,18)(H2,14,15,19). The van der Waals surface area contributed by atoms with Crippen LogP contribution in [0, 0.1) is 0 Å². The number of amides is 2. The van der Waals surface area contributed by atoms with Gasteiger partial charge in [-0.05, 0) is 32.9 Å². The van der Waals surface area contributed by atoms with E-state index in [4.69, 9.17) is 9.84 Å². The van der Waals surface area contributed by atoms with Gasteiger partial charge in [-0.3, -0.25) is 4.90 Å². The third-order valence-corrected chi connectivity index (χ3v) is 3.51. The van der Waals surface area contributed by atoms with E-state index in [2.05, 4.69) is 22.5 Å². The quantitative estimate of drug-likeness (QED) is 0.625. The van der Waals surface area contributed by atoms with Crippen LogP contribution in [0.5, 0.6) is 0 Å². The van der Waals surface area contributed by atoms with Crippen molar-refractivity contribution in [3.8, 4) is 0 Å². The Labute approximate surface area is 119 Å². The smallest absolute Gasteiger partial charge is 0.328 e. The zero-order valence-electron chi connectivity index (χ0n) is 12.2. The van der Waals surface area contributed by atoms with E-state index in [-0.39, 0.29) is 12.6 Å². The number of hydrogen-bond acceptors (Lipinski definition) is 4. The number of carboxylic acid groups (broad SMARTS) is 1. The number of nitrogens with one attached hydrogen (secondary N) is 2. The molecule has 0 aromatic carbocycles. The van der Waals surface area contributed by atoms with Crippen LogP contribution >= 0.6 is 0 Å². The Morgan fingerprint density at radius 3 is 2.50 bits per heavy atom. The first kappa shape index (κ1) is 16.7. The van der Waals surface area contributed by atoms with Gasteiger partial charge in [-0.2, -0.15) is 0 Å². The lowest BCUT2D eigenvalue weighted by Gasteiger charge is -2.32.